The number of carbonyl (C=O) groups is 1. The predicted molar refractivity (Wildman–Crippen MR) is 212 cm³/mol. The largest absolute Gasteiger partial charge is 0.506 e. The number of nitro groups is 1. The lowest BCUT2D eigenvalue weighted by molar-refractivity contribution is -0.384. The highest BCUT2D eigenvalue weighted by Gasteiger charge is 2.25. The first-order valence-electron chi connectivity index (χ1n) is 17.4. The number of nitrogens with one attached hydrogen (secondary N) is 2. The van der Waals surface area contributed by atoms with Gasteiger partial charge in [-0.15, -0.1) is 22.0 Å². The van der Waals surface area contributed by atoms with Gasteiger partial charge in [0.05, 0.1) is 16.0 Å². The molecule has 0 aliphatic carbocycles. The van der Waals surface area contributed by atoms with Crippen molar-refractivity contribution in [3.63, 3.8) is 0 Å². The van der Waals surface area contributed by atoms with Crippen LogP contribution >= 0.6 is 11.8 Å². The SMILES string of the molecule is O=C(NS(=O)(=O)c1ccc(NCCSc2ccccc2)c([N+](=O)[O-])c1)c1ccc(N2CCN(Cc3ccc(-c4cncc(O)c4)c4ccccc34)CC2)nn1. The molecule has 16 heteroatoms. The van der Waals surface area contributed by atoms with Gasteiger partial charge >= 0.3 is 0 Å². The quantitative estimate of drug-likeness (QED) is 0.0542. The van der Waals surface area contributed by atoms with Gasteiger partial charge in [0.15, 0.2) is 11.5 Å². The average Bonchev–Trinajstić information content (AvgIpc) is 3.20. The molecular weight excluding hydrogens is 741 g/mol. The maximum Gasteiger partial charge on any atom is 0.293 e. The van der Waals surface area contributed by atoms with Crippen LogP contribution in [0.25, 0.3) is 21.9 Å². The Balaban J connectivity index is 0.940. The molecule has 1 aliphatic rings. The van der Waals surface area contributed by atoms with Crippen LogP contribution in [0, 0.1) is 10.1 Å². The number of benzene rings is 4. The molecule has 6 aromatic rings. The number of thioether (sulfide) groups is 1. The van der Waals surface area contributed by atoms with Crippen LogP contribution in [0.5, 0.6) is 5.75 Å². The lowest BCUT2D eigenvalue weighted by atomic mass is 9.95. The molecule has 0 atom stereocenters. The number of amides is 1. The number of anilines is 2. The van der Waals surface area contributed by atoms with Crippen molar-refractivity contribution in [1.82, 2.24) is 24.8 Å². The molecule has 1 amide bonds. The van der Waals surface area contributed by atoms with Gasteiger partial charge in [-0.05, 0) is 64.4 Å². The fourth-order valence-electron chi connectivity index (χ4n) is 6.40. The number of nitrogens with zero attached hydrogens (tertiary/aromatic N) is 6. The molecule has 280 valence electrons. The summed E-state index contributed by atoms with van der Waals surface area (Å²) in [5, 5.41) is 35.2. The Morgan fingerprint density at radius 3 is 2.36 bits per heavy atom. The Labute approximate surface area is 321 Å². The number of rotatable bonds is 13. The molecule has 0 saturated carbocycles. The van der Waals surface area contributed by atoms with E-state index < -0.39 is 31.4 Å². The van der Waals surface area contributed by atoms with Crippen LogP contribution < -0.4 is 14.9 Å². The Morgan fingerprint density at radius 2 is 1.64 bits per heavy atom. The minimum Gasteiger partial charge on any atom is -0.506 e. The predicted octanol–water partition coefficient (Wildman–Crippen LogP) is 5.95. The first kappa shape index (κ1) is 37.2. The van der Waals surface area contributed by atoms with E-state index in [9.17, 15) is 28.4 Å². The monoisotopic (exact) mass is 776 g/mol. The molecule has 14 nitrogen and oxygen atoms in total. The lowest BCUT2D eigenvalue weighted by Crippen LogP contribution is -2.46. The average molecular weight is 777 g/mol. The summed E-state index contributed by atoms with van der Waals surface area (Å²) in [7, 11) is -4.47. The molecule has 0 spiro atoms. The Morgan fingerprint density at radius 1 is 0.873 bits per heavy atom. The van der Waals surface area contributed by atoms with E-state index in [2.05, 4.69) is 49.7 Å². The van der Waals surface area contributed by atoms with Crippen molar-refractivity contribution in [2.75, 3.05) is 48.7 Å². The number of aromatic nitrogens is 3. The second-order valence-corrected chi connectivity index (χ2v) is 15.6. The van der Waals surface area contributed by atoms with Gasteiger partial charge in [-0.25, -0.2) is 13.1 Å². The first-order chi connectivity index (χ1) is 26.6. The van der Waals surface area contributed by atoms with E-state index in [0.717, 1.165) is 52.5 Å². The summed E-state index contributed by atoms with van der Waals surface area (Å²) in [5.74, 6) is 0.284. The van der Waals surface area contributed by atoms with Crippen molar-refractivity contribution >= 4 is 55.7 Å². The molecule has 0 radical (unpaired) electrons. The topological polar surface area (TPSA) is 184 Å². The second-order valence-electron chi connectivity index (χ2n) is 12.7. The van der Waals surface area contributed by atoms with Gasteiger partial charge in [-0.2, -0.15) is 0 Å². The summed E-state index contributed by atoms with van der Waals surface area (Å²) >= 11 is 1.58. The summed E-state index contributed by atoms with van der Waals surface area (Å²) in [6.07, 6.45) is 3.16. The highest BCUT2D eigenvalue weighted by molar-refractivity contribution is 7.99. The van der Waals surface area contributed by atoms with Gasteiger partial charge in [0, 0.05) is 67.7 Å². The molecule has 4 aromatic carbocycles. The number of pyridine rings is 1. The van der Waals surface area contributed by atoms with Crippen molar-refractivity contribution in [3.8, 4) is 16.9 Å². The van der Waals surface area contributed by atoms with Gasteiger partial charge in [-0.1, -0.05) is 54.6 Å². The number of hydrogen-bond donors (Lipinski definition) is 3. The van der Waals surface area contributed by atoms with Crippen LogP contribution in [-0.4, -0.2) is 82.9 Å². The van der Waals surface area contributed by atoms with Crippen molar-refractivity contribution in [2.45, 2.75) is 16.3 Å². The Kier molecular flexibility index (Phi) is 11.2. The number of piperazine rings is 1. The number of sulfonamides is 1. The molecular formula is C39H36N8O6S2. The zero-order chi connectivity index (χ0) is 38.4. The molecule has 3 N–H and O–H groups in total. The van der Waals surface area contributed by atoms with E-state index in [0.29, 0.717) is 31.2 Å². The van der Waals surface area contributed by atoms with Crippen molar-refractivity contribution in [1.29, 1.82) is 0 Å². The summed E-state index contributed by atoms with van der Waals surface area (Å²) in [5.41, 5.74) is 2.54. The summed E-state index contributed by atoms with van der Waals surface area (Å²) in [6.45, 7) is 3.97. The van der Waals surface area contributed by atoms with Crippen LogP contribution in [0.2, 0.25) is 0 Å². The van der Waals surface area contributed by atoms with Gasteiger partial charge in [0.25, 0.3) is 21.6 Å². The van der Waals surface area contributed by atoms with Crippen molar-refractivity contribution in [2.24, 2.45) is 0 Å². The third-order valence-electron chi connectivity index (χ3n) is 9.16. The zero-order valence-electron chi connectivity index (χ0n) is 29.4. The number of nitro benzene ring substituents is 1. The third-order valence-corrected chi connectivity index (χ3v) is 11.5. The van der Waals surface area contributed by atoms with E-state index >= 15 is 0 Å². The summed E-state index contributed by atoms with van der Waals surface area (Å²) in [6, 6.07) is 30.2. The van der Waals surface area contributed by atoms with Crippen LogP contribution in [0.1, 0.15) is 16.1 Å². The third kappa shape index (κ3) is 8.83. The Hall–Kier alpha value is -6.10. The molecule has 0 bridgehead atoms. The van der Waals surface area contributed by atoms with E-state index in [4.69, 9.17) is 0 Å². The van der Waals surface area contributed by atoms with Crippen LogP contribution in [-0.2, 0) is 16.6 Å². The van der Waals surface area contributed by atoms with Crippen LogP contribution in [0.3, 0.4) is 0 Å². The van der Waals surface area contributed by atoms with Crippen LogP contribution in [0.15, 0.2) is 125 Å². The highest BCUT2D eigenvalue weighted by atomic mass is 32.2. The van der Waals surface area contributed by atoms with Gasteiger partial charge < -0.3 is 15.3 Å². The zero-order valence-corrected chi connectivity index (χ0v) is 31.0. The number of aromatic hydroxyl groups is 1. The normalized spacial score (nSPS) is 13.4. The molecule has 7 rings (SSSR count). The van der Waals surface area contributed by atoms with Gasteiger partial charge in [0.1, 0.15) is 11.4 Å². The molecule has 2 aromatic heterocycles. The van der Waals surface area contributed by atoms with E-state index in [1.807, 2.05) is 52.1 Å². The van der Waals surface area contributed by atoms with Crippen LogP contribution in [0.4, 0.5) is 17.2 Å². The highest BCUT2D eigenvalue weighted by Crippen LogP contribution is 2.33. The maximum absolute atomic E-state index is 13.1. The Bertz CT molecular complexity index is 2450. The minimum atomic E-state index is -4.47. The number of fused-ring (bicyclic) bond motifs is 1. The second kappa shape index (κ2) is 16.5. The number of hydrogen-bond acceptors (Lipinski definition) is 13. The van der Waals surface area contributed by atoms with Gasteiger partial charge in [-0.3, -0.25) is 24.8 Å². The first-order valence-corrected chi connectivity index (χ1v) is 19.8. The molecule has 1 saturated heterocycles. The number of carbonyl (C=O) groups excluding carboxylic acids is 1. The minimum absolute atomic E-state index is 0.115. The molecule has 1 fully saturated rings. The van der Waals surface area contributed by atoms with E-state index in [1.165, 1.54) is 30.0 Å². The molecule has 0 unspecified atom stereocenters. The molecule has 1 aliphatic heterocycles. The molecule has 3 heterocycles. The fraction of sp³-hybridized carbons (Fsp3) is 0.179. The summed E-state index contributed by atoms with van der Waals surface area (Å²) in [4.78, 5) is 33.3. The summed E-state index contributed by atoms with van der Waals surface area (Å²) < 4.78 is 28.2. The van der Waals surface area contributed by atoms with E-state index in [1.54, 1.807) is 30.1 Å². The van der Waals surface area contributed by atoms with Crippen molar-refractivity contribution < 1.29 is 23.2 Å². The molecule has 55 heavy (non-hydrogen) atoms. The van der Waals surface area contributed by atoms with Crippen molar-refractivity contribution in [3.05, 3.63) is 137 Å². The maximum atomic E-state index is 13.1. The smallest absolute Gasteiger partial charge is 0.293 e. The fourth-order valence-corrected chi connectivity index (χ4v) is 8.17. The lowest BCUT2D eigenvalue weighted by Gasteiger charge is -2.35. The standard InChI is InChI=1S/C39H36N8O6S2/c48-29-22-28(24-40-25-29)33-12-10-27(32-8-4-5-9-34(32)33)26-45-17-19-46(20-18-45)38-15-14-36(42-43-38)39(49)44-55(52,53)31-11-13-35(37(23-31)47(50)51)41-16-21-54-30-6-2-1-3-7-30/h1-15,22-25,41,48H,16-21,26H2,(H,44,49). The van der Waals surface area contributed by atoms with E-state index in [-0.39, 0.29) is 17.1 Å². The van der Waals surface area contributed by atoms with Gasteiger partial charge in [0.2, 0.25) is 0 Å².